The summed E-state index contributed by atoms with van der Waals surface area (Å²) in [6.07, 6.45) is 0.783. The molecule has 1 amide bonds. The van der Waals surface area contributed by atoms with Crippen LogP contribution in [0.5, 0.6) is 0 Å². The number of aryl methyl sites for hydroxylation is 1. The minimum atomic E-state index is -1.03. The van der Waals surface area contributed by atoms with Crippen LogP contribution in [0.1, 0.15) is 32.7 Å². The van der Waals surface area contributed by atoms with E-state index >= 15 is 0 Å². The van der Waals surface area contributed by atoms with Crippen molar-refractivity contribution in [3.05, 3.63) is 34.9 Å². The van der Waals surface area contributed by atoms with E-state index in [0.29, 0.717) is 38.5 Å². The standard InChI is InChI=1S/C16H19NO5/c1-11-6-12(8-13(7-11)15(19)20)14(18)17-3-5-22-16(9-17)2-4-21-10-16/h6-8H,2-5,9-10H2,1H3,(H,19,20)/t16-/m0/s1. The summed E-state index contributed by atoms with van der Waals surface area (Å²) < 4.78 is 11.2. The molecular weight excluding hydrogens is 286 g/mol. The van der Waals surface area contributed by atoms with Crippen molar-refractivity contribution in [2.45, 2.75) is 18.9 Å². The van der Waals surface area contributed by atoms with E-state index in [1.807, 2.05) is 0 Å². The largest absolute Gasteiger partial charge is 0.478 e. The van der Waals surface area contributed by atoms with Crippen LogP contribution >= 0.6 is 0 Å². The Morgan fingerprint density at radius 2 is 2.00 bits per heavy atom. The number of amides is 1. The summed E-state index contributed by atoms with van der Waals surface area (Å²) in [7, 11) is 0. The van der Waals surface area contributed by atoms with Crippen molar-refractivity contribution in [2.75, 3.05) is 32.9 Å². The van der Waals surface area contributed by atoms with Gasteiger partial charge in [-0.05, 0) is 30.7 Å². The maximum absolute atomic E-state index is 12.7. The lowest BCUT2D eigenvalue weighted by Crippen LogP contribution is -2.54. The highest BCUT2D eigenvalue weighted by atomic mass is 16.6. The molecule has 0 unspecified atom stereocenters. The highest BCUT2D eigenvalue weighted by molar-refractivity contribution is 5.98. The molecule has 6 heteroatoms. The van der Waals surface area contributed by atoms with E-state index in [1.165, 1.54) is 6.07 Å². The second-order valence-electron chi connectivity index (χ2n) is 5.95. The maximum Gasteiger partial charge on any atom is 0.335 e. The SMILES string of the molecule is Cc1cc(C(=O)O)cc(C(=O)N2CCO[C@@]3(CCOC3)C2)c1. The first-order chi connectivity index (χ1) is 10.5. The van der Waals surface area contributed by atoms with E-state index in [0.717, 1.165) is 12.0 Å². The van der Waals surface area contributed by atoms with Crippen LogP contribution in [0.2, 0.25) is 0 Å². The molecule has 22 heavy (non-hydrogen) atoms. The first-order valence-corrected chi connectivity index (χ1v) is 7.35. The van der Waals surface area contributed by atoms with Gasteiger partial charge in [0.15, 0.2) is 0 Å². The Morgan fingerprint density at radius 1 is 1.23 bits per heavy atom. The summed E-state index contributed by atoms with van der Waals surface area (Å²) in [5, 5.41) is 9.13. The Bertz CT molecular complexity index is 607. The maximum atomic E-state index is 12.7. The second-order valence-corrected chi connectivity index (χ2v) is 5.95. The topological polar surface area (TPSA) is 76.1 Å². The number of hydrogen-bond donors (Lipinski definition) is 1. The van der Waals surface area contributed by atoms with Crippen molar-refractivity contribution in [2.24, 2.45) is 0 Å². The predicted octanol–water partition coefficient (Wildman–Crippen LogP) is 1.32. The quantitative estimate of drug-likeness (QED) is 0.892. The molecule has 1 spiro atoms. The van der Waals surface area contributed by atoms with Gasteiger partial charge < -0.3 is 19.5 Å². The van der Waals surface area contributed by atoms with Crippen molar-refractivity contribution >= 4 is 11.9 Å². The fourth-order valence-electron chi connectivity index (χ4n) is 3.06. The van der Waals surface area contributed by atoms with Gasteiger partial charge in [0.25, 0.3) is 5.91 Å². The van der Waals surface area contributed by atoms with Crippen LogP contribution in [-0.2, 0) is 9.47 Å². The Labute approximate surface area is 128 Å². The van der Waals surface area contributed by atoms with E-state index in [2.05, 4.69) is 0 Å². The lowest BCUT2D eigenvalue weighted by atomic mass is 9.99. The summed E-state index contributed by atoms with van der Waals surface area (Å²) in [6, 6.07) is 4.72. The number of nitrogens with zero attached hydrogens (tertiary/aromatic N) is 1. The van der Waals surface area contributed by atoms with Crippen LogP contribution in [0, 0.1) is 6.92 Å². The number of hydrogen-bond acceptors (Lipinski definition) is 4. The molecule has 0 bridgehead atoms. The van der Waals surface area contributed by atoms with Gasteiger partial charge in [0.2, 0.25) is 0 Å². The lowest BCUT2D eigenvalue weighted by molar-refractivity contribution is -0.0995. The third kappa shape index (κ3) is 2.84. The van der Waals surface area contributed by atoms with Crippen LogP contribution in [0.15, 0.2) is 18.2 Å². The number of aromatic carboxylic acids is 1. The van der Waals surface area contributed by atoms with Crippen LogP contribution in [0.25, 0.3) is 0 Å². The van der Waals surface area contributed by atoms with Crippen LogP contribution in [0.4, 0.5) is 0 Å². The number of carboxylic acids is 1. The molecule has 2 fully saturated rings. The van der Waals surface area contributed by atoms with Crippen LogP contribution in [-0.4, -0.2) is 60.4 Å². The molecule has 2 saturated heterocycles. The van der Waals surface area contributed by atoms with E-state index in [9.17, 15) is 9.59 Å². The number of carboxylic acid groups (broad SMARTS) is 1. The minimum absolute atomic E-state index is 0.135. The van der Waals surface area contributed by atoms with Gasteiger partial charge >= 0.3 is 5.97 Å². The molecule has 1 atom stereocenters. The predicted molar refractivity (Wildman–Crippen MR) is 78.2 cm³/mol. The molecule has 1 aromatic rings. The third-order valence-electron chi connectivity index (χ3n) is 4.17. The molecule has 0 aliphatic carbocycles. The zero-order valence-electron chi connectivity index (χ0n) is 12.5. The fraction of sp³-hybridized carbons (Fsp3) is 0.500. The molecule has 2 heterocycles. The van der Waals surface area contributed by atoms with Crippen molar-refractivity contribution in [3.63, 3.8) is 0 Å². The van der Waals surface area contributed by atoms with Crippen molar-refractivity contribution in [1.82, 2.24) is 4.90 Å². The van der Waals surface area contributed by atoms with E-state index in [-0.39, 0.29) is 11.5 Å². The van der Waals surface area contributed by atoms with Crippen LogP contribution in [0.3, 0.4) is 0 Å². The molecule has 1 aromatic carbocycles. The zero-order valence-corrected chi connectivity index (χ0v) is 12.5. The van der Waals surface area contributed by atoms with Gasteiger partial charge in [0, 0.05) is 25.1 Å². The number of carbonyl (C=O) groups is 2. The highest BCUT2D eigenvalue weighted by Crippen LogP contribution is 2.28. The van der Waals surface area contributed by atoms with Crippen molar-refractivity contribution < 1.29 is 24.2 Å². The molecule has 118 valence electrons. The summed E-state index contributed by atoms with van der Waals surface area (Å²) in [6.45, 7) is 4.42. The molecule has 2 aliphatic heterocycles. The molecule has 6 nitrogen and oxygen atoms in total. The first-order valence-electron chi connectivity index (χ1n) is 7.35. The van der Waals surface area contributed by atoms with Gasteiger partial charge in [-0.2, -0.15) is 0 Å². The van der Waals surface area contributed by atoms with E-state index < -0.39 is 11.6 Å². The Balaban J connectivity index is 1.82. The van der Waals surface area contributed by atoms with E-state index in [4.69, 9.17) is 14.6 Å². The first kappa shape index (κ1) is 15.0. The zero-order chi connectivity index (χ0) is 15.7. The highest BCUT2D eigenvalue weighted by Gasteiger charge is 2.41. The molecule has 2 aliphatic rings. The molecule has 1 N–H and O–H groups in total. The van der Waals surface area contributed by atoms with Gasteiger partial charge in [-0.25, -0.2) is 4.79 Å². The number of ether oxygens (including phenoxy) is 2. The number of benzene rings is 1. The molecule has 0 aromatic heterocycles. The smallest absolute Gasteiger partial charge is 0.335 e. The monoisotopic (exact) mass is 305 g/mol. The normalized spacial score (nSPS) is 24.7. The summed E-state index contributed by atoms with van der Waals surface area (Å²) >= 11 is 0. The molecule has 3 rings (SSSR count). The average Bonchev–Trinajstić information content (AvgIpc) is 2.93. The summed E-state index contributed by atoms with van der Waals surface area (Å²) in [4.78, 5) is 25.6. The van der Waals surface area contributed by atoms with E-state index in [1.54, 1.807) is 24.0 Å². The Hall–Kier alpha value is -1.92. The van der Waals surface area contributed by atoms with Gasteiger partial charge in [-0.15, -0.1) is 0 Å². The number of rotatable bonds is 2. The van der Waals surface area contributed by atoms with Gasteiger partial charge in [-0.1, -0.05) is 0 Å². The van der Waals surface area contributed by atoms with Crippen molar-refractivity contribution in [1.29, 1.82) is 0 Å². The number of carbonyl (C=O) groups excluding carboxylic acids is 1. The fourth-order valence-corrected chi connectivity index (χ4v) is 3.06. The lowest BCUT2D eigenvalue weighted by Gasteiger charge is -2.39. The third-order valence-corrected chi connectivity index (χ3v) is 4.17. The summed E-state index contributed by atoms with van der Waals surface area (Å²) in [5.74, 6) is -1.18. The minimum Gasteiger partial charge on any atom is -0.478 e. The Kier molecular flexibility index (Phi) is 3.88. The molecular formula is C16H19NO5. The van der Waals surface area contributed by atoms with Crippen LogP contribution < -0.4 is 0 Å². The molecule has 0 radical (unpaired) electrons. The van der Waals surface area contributed by atoms with Gasteiger partial charge in [0.1, 0.15) is 5.60 Å². The second kappa shape index (κ2) is 5.70. The van der Waals surface area contributed by atoms with Gasteiger partial charge in [0.05, 0.1) is 25.3 Å². The van der Waals surface area contributed by atoms with Crippen molar-refractivity contribution in [3.8, 4) is 0 Å². The van der Waals surface area contributed by atoms with Gasteiger partial charge in [-0.3, -0.25) is 4.79 Å². The average molecular weight is 305 g/mol. The summed E-state index contributed by atoms with van der Waals surface area (Å²) in [5.41, 5.74) is 0.909. The Morgan fingerprint density at radius 3 is 2.68 bits per heavy atom. The number of morpholine rings is 1. The molecule has 0 saturated carbocycles.